The summed E-state index contributed by atoms with van der Waals surface area (Å²) >= 11 is 0. The van der Waals surface area contributed by atoms with Crippen molar-refractivity contribution in [3.05, 3.63) is 23.2 Å². The maximum absolute atomic E-state index is 3.65. The van der Waals surface area contributed by atoms with Crippen LogP contribution in [0.2, 0.25) is 0 Å². The lowest BCUT2D eigenvalue weighted by molar-refractivity contribution is 1.05. The SMILES string of the molecule is c1cssccnn1. The van der Waals surface area contributed by atoms with E-state index in [1.807, 2.05) is 10.8 Å². The molecule has 42 valence electrons. The van der Waals surface area contributed by atoms with Crippen molar-refractivity contribution in [2.45, 2.75) is 0 Å². The van der Waals surface area contributed by atoms with Gasteiger partial charge in [-0.15, -0.1) is 0 Å². The number of rotatable bonds is 0. The molecule has 0 aliphatic carbocycles. The van der Waals surface area contributed by atoms with Gasteiger partial charge in [0.15, 0.2) is 0 Å². The van der Waals surface area contributed by atoms with Crippen LogP contribution in [0.3, 0.4) is 0 Å². The van der Waals surface area contributed by atoms with E-state index in [4.69, 9.17) is 0 Å². The first kappa shape index (κ1) is 5.65. The number of nitrogens with zero attached hydrogens (tertiary/aromatic N) is 2. The van der Waals surface area contributed by atoms with Crippen LogP contribution in [0.5, 0.6) is 0 Å². The molecular weight excluding hydrogens is 140 g/mol. The normalized spacial score (nSPS) is 8.00. The molecule has 0 fully saturated rings. The van der Waals surface area contributed by atoms with Gasteiger partial charge in [-0.1, -0.05) is 20.7 Å². The summed E-state index contributed by atoms with van der Waals surface area (Å²) in [7, 11) is 3.25. The topological polar surface area (TPSA) is 25.8 Å². The van der Waals surface area contributed by atoms with Crippen LogP contribution in [0.25, 0.3) is 0 Å². The van der Waals surface area contributed by atoms with E-state index in [0.29, 0.717) is 0 Å². The first-order chi connectivity index (χ1) is 4.00. The third kappa shape index (κ3) is 1.99. The number of hydrogen-bond donors (Lipinski definition) is 0. The van der Waals surface area contributed by atoms with Crippen molar-refractivity contribution in [1.82, 2.24) is 10.2 Å². The summed E-state index contributed by atoms with van der Waals surface area (Å²) in [6.45, 7) is 0. The van der Waals surface area contributed by atoms with Crippen molar-refractivity contribution in [2.24, 2.45) is 0 Å². The molecule has 0 aliphatic heterocycles. The summed E-state index contributed by atoms with van der Waals surface area (Å²) in [5.41, 5.74) is 0. The van der Waals surface area contributed by atoms with E-state index in [9.17, 15) is 0 Å². The van der Waals surface area contributed by atoms with Gasteiger partial charge in [0.25, 0.3) is 0 Å². The van der Waals surface area contributed by atoms with Crippen LogP contribution in [0.1, 0.15) is 0 Å². The van der Waals surface area contributed by atoms with E-state index in [1.165, 1.54) is 0 Å². The van der Waals surface area contributed by atoms with Crippen molar-refractivity contribution in [1.29, 1.82) is 0 Å². The average molecular weight is 144 g/mol. The molecule has 2 nitrogen and oxygen atoms in total. The fourth-order valence-electron chi connectivity index (χ4n) is 0.245. The van der Waals surface area contributed by atoms with E-state index < -0.39 is 0 Å². The molecule has 0 saturated heterocycles. The fraction of sp³-hybridized carbons (Fsp3) is 0. The smallest absolute Gasteiger partial charge is 0.0603 e. The van der Waals surface area contributed by atoms with E-state index in [2.05, 4.69) is 10.2 Å². The van der Waals surface area contributed by atoms with Crippen LogP contribution < -0.4 is 0 Å². The number of aromatic nitrogens is 2. The van der Waals surface area contributed by atoms with Crippen molar-refractivity contribution >= 4 is 20.7 Å². The fourth-order valence-corrected chi connectivity index (χ4v) is 1.26. The summed E-state index contributed by atoms with van der Waals surface area (Å²) in [5, 5.41) is 11.1. The van der Waals surface area contributed by atoms with Crippen LogP contribution in [-0.4, -0.2) is 10.2 Å². The third-order valence-electron chi connectivity index (χ3n) is 0.488. The van der Waals surface area contributed by atoms with Crippen LogP contribution in [0.15, 0.2) is 23.2 Å². The molecule has 0 N–H and O–H groups in total. The first-order valence-corrected chi connectivity index (χ1v) is 4.30. The molecule has 0 spiro atoms. The molecule has 0 aliphatic rings. The van der Waals surface area contributed by atoms with Gasteiger partial charge in [0.1, 0.15) is 0 Å². The van der Waals surface area contributed by atoms with Gasteiger partial charge >= 0.3 is 0 Å². The average Bonchev–Trinajstić information content (AvgIpc) is 1.62. The molecule has 0 bridgehead atoms. The van der Waals surface area contributed by atoms with Crippen LogP contribution >= 0.6 is 20.7 Å². The maximum atomic E-state index is 3.65. The molecule has 0 radical (unpaired) electrons. The minimum atomic E-state index is 1.62. The van der Waals surface area contributed by atoms with Crippen LogP contribution in [0, 0.1) is 0 Å². The molecule has 8 heavy (non-hydrogen) atoms. The van der Waals surface area contributed by atoms with Gasteiger partial charge in [-0.3, -0.25) is 0 Å². The molecular formula is C4H4N2S2. The Morgan fingerprint density at radius 1 is 0.875 bits per heavy atom. The highest BCUT2D eigenvalue weighted by molar-refractivity contribution is 7.67. The van der Waals surface area contributed by atoms with E-state index in [-0.39, 0.29) is 0 Å². The van der Waals surface area contributed by atoms with Gasteiger partial charge in [0.05, 0.1) is 12.4 Å². The molecule has 4 heteroatoms. The lowest BCUT2D eigenvalue weighted by Gasteiger charge is -1.68. The molecule has 1 heterocycles. The highest BCUT2D eigenvalue weighted by Crippen LogP contribution is 1.96. The zero-order valence-electron chi connectivity index (χ0n) is 4.02. The summed E-state index contributed by atoms with van der Waals surface area (Å²) < 4.78 is 0. The second-order valence-electron chi connectivity index (χ2n) is 0.994. The molecule has 1 rings (SSSR count). The molecule has 0 unspecified atom stereocenters. The minimum Gasteiger partial charge on any atom is -0.158 e. The standard InChI is InChI=1S/C4H4N2S2/c1-3-7-8-4-2-6-5-1/h1-4H. The lowest BCUT2D eigenvalue weighted by atomic mass is 11.0. The van der Waals surface area contributed by atoms with Crippen LogP contribution in [-0.2, 0) is 0 Å². The van der Waals surface area contributed by atoms with Crippen LogP contribution in [0.4, 0.5) is 0 Å². The Hall–Kier alpha value is -0.480. The van der Waals surface area contributed by atoms with E-state index >= 15 is 0 Å². The van der Waals surface area contributed by atoms with Gasteiger partial charge in [0.2, 0.25) is 0 Å². The second kappa shape index (κ2) is 3.51. The van der Waals surface area contributed by atoms with E-state index in [0.717, 1.165) is 0 Å². The monoisotopic (exact) mass is 144 g/mol. The van der Waals surface area contributed by atoms with Crippen molar-refractivity contribution in [3.63, 3.8) is 0 Å². The minimum absolute atomic E-state index is 1.62. The van der Waals surface area contributed by atoms with Gasteiger partial charge < -0.3 is 0 Å². The molecule has 0 atom stereocenters. The molecule has 0 amide bonds. The molecule has 1 aromatic rings. The highest BCUT2D eigenvalue weighted by Gasteiger charge is 1.60. The quantitative estimate of drug-likeness (QED) is 0.518. The zero-order valence-corrected chi connectivity index (χ0v) is 5.65. The Morgan fingerprint density at radius 3 is 1.88 bits per heavy atom. The predicted molar refractivity (Wildman–Crippen MR) is 35.4 cm³/mol. The lowest BCUT2D eigenvalue weighted by Crippen LogP contribution is -1.65. The summed E-state index contributed by atoms with van der Waals surface area (Å²) in [6, 6.07) is 0. The Morgan fingerprint density at radius 2 is 1.38 bits per heavy atom. The summed E-state index contributed by atoms with van der Waals surface area (Å²) in [4.78, 5) is 0. The number of hydrogen-bond acceptors (Lipinski definition) is 4. The Kier molecular flexibility index (Phi) is 2.48. The molecule has 0 aromatic carbocycles. The zero-order chi connectivity index (χ0) is 5.66. The Bertz CT molecular complexity index is 117. The van der Waals surface area contributed by atoms with Gasteiger partial charge in [-0.25, -0.2) is 0 Å². The maximum Gasteiger partial charge on any atom is 0.0603 e. The van der Waals surface area contributed by atoms with Gasteiger partial charge in [0, 0.05) is 10.8 Å². The van der Waals surface area contributed by atoms with Gasteiger partial charge in [-0.05, 0) is 0 Å². The summed E-state index contributed by atoms with van der Waals surface area (Å²) in [6.07, 6.45) is 3.34. The Labute approximate surface area is 54.5 Å². The summed E-state index contributed by atoms with van der Waals surface area (Å²) in [5.74, 6) is 0. The molecule has 1 aromatic heterocycles. The third-order valence-corrected chi connectivity index (χ3v) is 2.07. The molecule has 0 saturated carbocycles. The Balaban J connectivity index is 3.00. The van der Waals surface area contributed by atoms with Crippen molar-refractivity contribution < 1.29 is 0 Å². The largest absolute Gasteiger partial charge is 0.158 e. The van der Waals surface area contributed by atoms with Crippen molar-refractivity contribution in [3.8, 4) is 0 Å². The van der Waals surface area contributed by atoms with Gasteiger partial charge in [-0.2, -0.15) is 10.2 Å². The predicted octanol–water partition coefficient (Wildman–Crippen LogP) is 1.72. The van der Waals surface area contributed by atoms with Crippen molar-refractivity contribution in [2.75, 3.05) is 0 Å². The highest BCUT2D eigenvalue weighted by atomic mass is 32.9. The first-order valence-electron chi connectivity index (χ1n) is 2.02. The van der Waals surface area contributed by atoms with E-state index in [1.54, 1.807) is 33.1 Å². The second-order valence-corrected chi connectivity index (χ2v) is 3.08.